The molecule has 0 bridgehead atoms. The van der Waals surface area contributed by atoms with E-state index in [-0.39, 0.29) is 18.1 Å². The summed E-state index contributed by atoms with van der Waals surface area (Å²) in [6, 6.07) is 0. The minimum Gasteiger partial charge on any atom is -0.382 e. The van der Waals surface area contributed by atoms with Gasteiger partial charge in [0.15, 0.2) is 23.5 Å². The highest BCUT2D eigenvalue weighted by Crippen LogP contribution is 2.42. The van der Waals surface area contributed by atoms with Crippen LogP contribution in [0.4, 0.5) is 5.82 Å². The van der Waals surface area contributed by atoms with E-state index in [1.54, 1.807) is 6.33 Å². The van der Waals surface area contributed by atoms with Crippen LogP contribution in [-0.2, 0) is 14.2 Å². The van der Waals surface area contributed by atoms with Crippen LogP contribution in [0.25, 0.3) is 11.2 Å². The Morgan fingerprint density at radius 2 is 2.09 bits per heavy atom. The molecule has 3 unspecified atom stereocenters. The van der Waals surface area contributed by atoms with Gasteiger partial charge in [0.05, 0.1) is 19.0 Å². The molecule has 0 saturated carbocycles. The van der Waals surface area contributed by atoms with Crippen molar-refractivity contribution >= 4 is 28.6 Å². The third-order valence-electron chi connectivity index (χ3n) is 4.25. The summed E-state index contributed by atoms with van der Waals surface area (Å²) in [6.45, 7) is 4.26. The maximum atomic E-state index is 6.07. The number of nitrogens with two attached hydrogens (primary N) is 1. The quantitative estimate of drug-likeness (QED) is 0.824. The smallest absolute Gasteiger partial charge is 0.167 e. The first kappa shape index (κ1) is 15.1. The van der Waals surface area contributed by atoms with E-state index in [9.17, 15) is 0 Å². The predicted octanol–water partition coefficient (Wildman–Crippen LogP) is 1.31. The molecule has 2 fully saturated rings. The lowest BCUT2D eigenvalue weighted by Gasteiger charge is -2.36. The Kier molecular flexibility index (Phi) is 3.45. The maximum Gasteiger partial charge on any atom is 0.167 e. The van der Waals surface area contributed by atoms with E-state index in [0.29, 0.717) is 29.5 Å². The molecular weight excluding hydrogens is 322 g/mol. The topological polar surface area (TPSA) is 97.3 Å². The van der Waals surface area contributed by atoms with Crippen molar-refractivity contribution in [1.29, 1.82) is 0 Å². The van der Waals surface area contributed by atoms with E-state index in [0.717, 1.165) is 0 Å². The molecule has 124 valence electrons. The Hall–Kier alpha value is -1.48. The number of hydrogen-bond acceptors (Lipinski definition) is 7. The Morgan fingerprint density at radius 1 is 1.30 bits per heavy atom. The molecular formula is C14H18ClN5O3. The van der Waals surface area contributed by atoms with Crippen LogP contribution in [0.1, 0.15) is 20.1 Å². The van der Waals surface area contributed by atoms with Crippen molar-refractivity contribution in [2.75, 3.05) is 18.2 Å². The predicted molar refractivity (Wildman–Crippen MR) is 82.8 cm³/mol. The highest BCUT2D eigenvalue weighted by atomic mass is 35.5. The van der Waals surface area contributed by atoms with Gasteiger partial charge in [0, 0.05) is 11.8 Å². The van der Waals surface area contributed by atoms with Crippen molar-refractivity contribution in [3.05, 3.63) is 12.7 Å². The average molecular weight is 340 g/mol. The van der Waals surface area contributed by atoms with Gasteiger partial charge >= 0.3 is 0 Å². The van der Waals surface area contributed by atoms with Gasteiger partial charge in [-0.2, -0.15) is 0 Å². The summed E-state index contributed by atoms with van der Waals surface area (Å²) in [7, 11) is 0. The van der Waals surface area contributed by atoms with E-state index in [1.807, 2.05) is 18.4 Å². The van der Waals surface area contributed by atoms with Crippen LogP contribution in [-0.4, -0.2) is 50.0 Å². The lowest BCUT2D eigenvalue weighted by molar-refractivity contribution is -0.166. The summed E-state index contributed by atoms with van der Waals surface area (Å²) in [5.41, 5.74) is 7.01. The fourth-order valence-electron chi connectivity index (χ4n) is 3.24. The zero-order valence-corrected chi connectivity index (χ0v) is 13.6. The normalized spacial score (nSPS) is 33.0. The molecule has 0 amide bonds. The second-order valence-electron chi connectivity index (χ2n) is 6.29. The van der Waals surface area contributed by atoms with Gasteiger partial charge < -0.3 is 19.9 Å². The highest BCUT2D eigenvalue weighted by molar-refractivity contribution is 6.18. The Labute approximate surface area is 137 Å². The van der Waals surface area contributed by atoms with Gasteiger partial charge in [-0.1, -0.05) is 0 Å². The molecule has 4 rings (SSSR count). The number of aromatic nitrogens is 4. The summed E-state index contributed by atoms with van der Waals surface area (Å²) in [5.74, 6) is 0.182. The molecule has 4 heterocycles. The van der Waals surface area contributed by atoms with Crippen LogP contribution in [0.15, 0.2) is 12.7 Å². The third-order valence-corrected chi connectivity index (χ3v) is 4.65. The molecule has 2 saturated heterocycles. The monoisotopic (exact) mass is 339 g/mol. The van der Waals surface area contributed by atoms with Gasteiger partial charge in [-0.3, -0.25) is 4.57 Å². The van der Waals surface area contributed by atoms with E-state index in [1.165, 1.54) is 6.33 Å². The highest BCUT2D eigenvalue weighted by Gasteiger charge is 2.52. The Balaban J connectivity index is 1.75. The number of anilines is 1. The summed E-state index contributed by atoms with van der Waals surface area (Å²) in [4.78, 5) is 12.5. The largest absolute Gasteiger partial charge is 0.382 e. The van der Waals surface area contributed by atoms with Gasteiger partial charge in [-0.25, -0.2) is 15.0 Å². The lowest BCUT2D eigenvalue weighted by atomic mass is 9.96. The first-order valence-corrected chi connectivity index (χ1v) is 8.00. The van der Waals surface area contributed by atoms with E-state index < -0.39 is 12.0 Å². The summed E-state index contributed by atoms with van der Waals surface area (Å²) >= 11 is 6.06. The van der Waals surface area contributed by atoms with Crippen molar-refractivity contribution in [3.8, 4) is 0 Å². The SMILES string of the molecule is CC1(C)OC2C(O1)[C@H](CCl)COC2n1cnc2c(N)ncnc21. The molecule has 8 nitrogen and oxygen atoms in total. The van der Waals surface area contributed by atoms with E-state index in [2.05, 4.69) is 15.0 Å². The second-order valence-corrected chi connectivity index (χ2v) is 6.59. The zero-order valence-electron chi connectivity index (χ0n) is 12.8. The van der Waals surface area contributed by atoms with Crippen LogP contribution in [0.2, 0.25) is 0 Å². The number of alkyl halides is 1. The molecule has 2 aromatic heterocycles. The Bertz CT molecular complexity index is 736. The van der Waals surface area contributed by atoms with Gasteiger partial charge in [-0.15, -0.1) is 11.6 Å². The summed E-state index contributed by atoms with van der Waals surface area (Å²) < 4.78 is 19.9. The van der Waals surface area contributed by atoms with Gasteiger partial charge in [0.2, 0.25) is 0 Å². The lowest BCUT2D eigenvalue weighted by Crippen LogP contribution is -2.46. The number of halogens is 1. The molecule has 0 aromatic carbocycles. The minimum atomic E-state index is -0.685. The number of imidazole rings is 1. The van der Waals surface area contributed by atoms with Gasteiger partial charge in [-0.05, 0) is 13.8 Å². The molecule has 23 heavy (non-hydrogen) atoms. The number of hydrogen-bond donors (Lipinski definition) is 1. The number of rotatable bonds is 2. The second kappa shape index (κ2) is 5.27. The number of nitrogen functional groups attached to an aromatic ring is 1. The van der Waals surface area contributed by atoms with Crippen molar-refractivity contribution in [2.24, 2.45) is 5.92 Å². The van der Waals surface area contributed by atoms with Crippen LogP contribution >= 0.6 is 11.6 Å². The summed E-state index contributed by atoms with van der Waals surface area (Å²) in [6.07, 6.45) is 2.22. The first-order valence-electron chi connectivity index (χ1n) is 7.46. The number of nitrogens with zero attached hydrogens (tertiary/aromatic N) is 4. The molecule has 2 N–H and O–H groups in total. The molecule has 2 aromatic rings. The Morgan fingerprint density at radius 3 is 2.87 bits per heavy atom. The fourth-order valence-corrected chi connectivity index (χ4v) is 3.51. The molecule has 4 atom stereocenters. The standard InChI is InChI=1S/C14H18ClN5O3/c1-14(2)22-9-7(3-15)4-21-13(10(9)23-14)20-6-19-8-11(16)17-5-18-12(8)20/h5-7,9-10,13H,3-4H2,1-2H3,(H2,16,17,18)/t7-,9?,10?,13?/m1/s1. The van der Waals surface area contributed by atoms with Crippen molar-refractivity contribution in [2.45, 2.75) is 38.1 Å². The van der Waals surface area contributed by atoms with Crippen LogP contribution in [0, 0.1) is 5.92 Å². The third kappa shape index (κ3) is 2.37. The molecule has 9 heteroatoms. The molecule has 0 aliphatic carbocycles. The zero-order chi connectivity index (χ0) is 16.2. The van der Waals surface area contributed by atoms with E-state index in [4.69, 9.17) is 31.5 Å². The minimum absolute atomic E-state index is 0.0779. The number of ether oxygens (including phenoxy) is 3. The maximum absolute atomic E-state index is 6.07. The van der Waals surface area contributed by atoms with Crippen molar-refractivity contribution < 1.29 is 14.2 Å². The van der Waals surface area contributed by atoms with Crippen LogP contribution in [0.5, 0.6) is 0 Å². The van der Waals surface area contributed by atoms with Crippen LogP contribution in [0.3, 0.4) is 0 Å². The molecule has 0 spiro atoms. The van der Waals surface area contributed by atoms with Gasteiger partial charge in [0.25, 0.3) is 0 Å². The summed E-state index contributed by atoms with van der Waals surface area (Å²) in [5, 5.41) is 0. The van der Waals surface area contributed by atoms with Crippen LogP contribution < -0.4 is 5.73 Å². The molecule has 2 aliphatic heterocycles. The fraction of sp³-hybridized carbons (Fsp3) is 0.643. The van der Waals surface area contributed by atoms with Crippen molar-refractivity contribution in [3.63, 3.8) is 0 Å². The molecule has 0 radical (unpaired) electrons. The van der Waals surface area contributed by atoms with Crippen molar-refractivity contribution in [1.82, 2.24) is 19.5 Å². The molecule has 2 aliphatic rings. The van der Waals surface area contributed by atoms with Gasteiger partial charge in [0.1, 0.15) is 17.9 Å². The number of fused-ring (bicyclic) bond motifs is 2. The van der Waals surface area contributed by atoms with E-state index >= 15 is 0 Å². The average Bonchev–Trinajstić information content (AvgIpc) is 3.07. The first-order chi connectivity index (χ1) is 11.0.